The summed E-state index contributed by atoms with van der Waals surface area (Å²) in [6.07, 6.45) is -0.530. The minimum atomic E-state index is -1.44. The number of rotatable bonds is 5. The van der Waals surface area contributed by atoms with Gasteiger partial charge < -0.3 is 21.9 Å². The molecule has 9 heteroatoms. The van der Waals surface area contributed by atoms with Gasteiger partial charge in [0.15, 0.2) is 0 Å². The molecule has 0 aliphatic heterocycles. The normalized spacial score (nSPS) is 11.7. The Kier molecular flexibility index (Phi) is 5.18. The summed E-state index contributed by atoms with van der Waals surface area (Å²) in [5.74, 6) is -3.00. The number of carbonyl (C=O) groups excluding carboxylic acids is 2. The Bertz CT molecular complexity index is 554. The highest BCUT2D eigenvalue weighted by Gasteiger charge is 2.23. The number of nitrogens with one attached hydrogen (secondary N) is 1. The van der Waals surface area contributed by atoms with Crippen molar-refractivity contribution in [3.63, 3.8) is 0 Å². The molecule has 0 radical (unpaired) electrons. The van der Waals surface area contributed by atoms with Crippen molar-refractivity contribution < 1.29 is 19.5 Å². The molecule has 108 valence electrons. The standard InChI is InChI=1S/C11H11Cl2N3O4/c12-5-1-4(2-6(13)9(5)15)10(18)16-7(11(19)20)3-8(14)17/h1-2,7H,3,15H2,(H2,14,17)(H,16,18)(H,19,20)/t7-/m1/s1. The van der Waals surface area contributed by atoms with Crippen LogP contribution < -0.4 is 16.8 Å². The number of aliphatic carboxylic acids is 1. The van der Waals surface area contributed by atoms with E-state index in [9.17, 15) is 14.4 Å². The number of nitrogens with two attached hydrogens (primary N) is 2. The Balaban J connectivity index is 2.95. The summed E-state index contributed by atoms with van der Waals surface area (Å²) in [6, 6.07) is 1.04. The molecule has 20 heavy (non-hydrogen) atoms. The molecule has 1 aromatic rings. The molecule has 0 saturated heterocycles. The second-order valence-electron chi connectivity index (χ2n) is 3.89. The van der Waals surface area contributed by atoms with Crippen LogP contribution in [0.2, 0.25) is 10.0 Å². The van der Waals surface area contributed by atoms with Gasteiger partial charge >= 0.3 is 5.97 Å². The topological polar surface area (TPSA) is 136 Å². The number of carboxylic acid groups (broad SMARTS) is 1. The maximum absolute atomic E-state index is 11.9. The van der Waals surface area contributed by atoms with Gasteiger partial charge in [0.25, 0.3) is 5.91 Å². The van der Waals surface area contributed by atoms with Gasteiger partial charge in [-0.1, -0.05) is 23.2 Å². The molecule has 7 nitrogen and oxygen atoms in total. The molecule has 0 saturated carbocycles. The Labute approximate surface area is 123 Å². The van der Waals surface area contributed by atoms with Crippen molar-refractivity contribution in [1.82, 2.24) is 5.32 Å². The molecule has 2 amide bonds. The molecule has 0 bridgehead atoms. The molecule has 1 atom stereocenters. The Morgan fingerprint density at radius 2 is 1.75 bits per heavy atom. The third-order valence-electron chi connectivity index (χ3n) is 2.35. The Morgan fingerprint density at radius 1 is 1.25 bits per heavy atom. The van der Waals surface area contributed by atoms with Crippen LogP contribution in [-0.4, -0.2) is 28.9 Å². The van der Waals surface area contributed by atoms with Gasteiger partial charge in [0.05, 0.1) is 22.2 Å². The van der Waals surface area contributed by atoms with Crippen LogP contribution in [-0.2, 0) is 9.59 Å². The van der Waals surface area contributed by atoms with Crippen molar-refractivity contribution in [3.8, 4) is 0 Å². The lowest BCUT2D eigenvalue weighted by molar-refractivity contribution is -0.140. The zero-order chi connectivity index (χ0) is 15.4. The number of halogens is 2. The molecule has 0 spiro atoms. The quantitative estimate of drug-likeness (QED) is 0.590. The Morgan fingerprint density at radius 3 is 2.15 bits per heavy atom. The first-order valence-corrected chi connectivity index (χ1v) is 6.04. The van der Waals surface area contributed by atoms with Gasteiger partial charge in [-0.05, 0) is 12.1 Å². The summed E-state index contributed by atoms with van der Waals surface area (Å²) in [5, 5.41) is 11.1. The van der Waals surface area contributed by atoms with Crippen LogP contribution in [0.3, 0.4) is 0 Å². The number of carboxylic acids is 1. The summed E-state index contributed by atoms with van der Waals surface area (Å²) >= 11 is 11.5. The van der Waals surface area contributed by atoms with Crippen molar-refractivity contribution in [3.05, 3.63) is 27.7 Å². The van der Waals surface area contributed by atoms with Crippen molar-refractivity contribution in [2.75, 3.05) is 5.73 Å². The number of primary amides is 1. The molecule has 0 unspecified atom stereocenters. The van der Waals surface area contributed by atoms with Crippen LogP contribution in [0.15, 0.2) is 12.1 Å². The molecule has 0 aliphatic carbocycles. The van der Waals surface area contributed by atoms with Gasteiger partial charge in [0.1, 0.15) is 6.04 Å². The number of hydrogen-bond acceptors (Lipinski definition) is 4. The van der Waals surface area contributed by atoms with Crippen LogP contribution in [0.1, 0.15) is 16.8 Å². The van der Waals surface area contributed by atoms with Crippen LogP contribution in [0.5, 0.6) is 0 Å². The first-order valence-electron chi connectivity index (χ1n) is 5.29. The second kappa shape index (κ2) is 6.44. The van der Waals surface area contributed by atoms with Gasteiger partial charge in [0, 0.05) is 5.56 Å². The summed E-state index contributed by atoms with van der Waals surface area (Å²) in [4.78, 5) is 33.5. The zero-order valence-corrected chi connectivity index (χ0v) is 11.5. The van der Waals surface area contributed by atoms with Crippen LogP contribution in [0.25, 0.3) is 0 Å². The fourth-order valence-electron chi connectivity index (χ4n) is 1.36. The third-order valence-corrected chi connectivity index (χ3v) is 2.98. The van der Waals surface area contributed by atoms with E-state index in [1.165, 1.54) is 12.1 Å². The summed E-state index contributed by atoms with van der Waals surface area (Å²) in [5.41, 5.74) is 10.5. The van der Waals surface area contributed by atoms with Crippen molar-refractivity contribution in [1.29, 1.82) is 0 Å². The highest BCUT2D eigenvalue weighted by Crippen LogP contribution is 2.28. The number of amides is 2. The van der Waals surface area contributed by atoms with Crippen molar-refractivity contribution in [2.24, 2.45) is 5.73 Å². The predicted molar refractivity (Wildman–Crippen MR) is 73.6 cm³/mol. The second-order valence-corrected chi connectivity index (χ2v) is 4.70. The minimum absolute atomic E-state index is 0.0184. The summed E-state index contributed by atoms with van der Waals surface area (Å²) < 4.78 is 0. The lowest BCUT2D eigenvalue weighted by atomic mass is 10.1. The molecule has 0 aromatic heterocycles. The molecule has 6 N–H and O–H groups in total. The molecular formula is C11H11Cl2N3O4. The lowest BCUT2D eigenvalue weighted by Gasteiger charge is -2.13. The first-order chi connectivity index (χ1) is 9.22. The highest BCUT2D eigenvalue weighted by molar-refractivity contribution is 6.39. The summed E-state index contributed by atoms with van der Waals surface area (Å²) in [6.45, 7) is 0. The molecule has 1 aromatic carbocycles. The first kappa shape index (κ1) is 16.1. The van der Waals surface area contributed by atoms with Gasteiger partial charge in [-0.2, -0.15) is 0 Å². The predicted octanol–water partition coefficient (Wildman–Crippen LogP) is 0.634. The van der Waals surface area contributed by atoms with Gasteiger partial charge in [-0.25, -0.2) is 4.79 Å². The Hall–Kier alpha value is -1.99. The number of hydrogen-bond donors (Lipinski definition) is 4. The fraction of sp³-hybridized carbons (Fsp3) is 0.182. The molecule has 0 aliphatic rings. The number of benzene rings is 1. The smallest absolute Gasteiger partial charge is 0.326 e. The zero-order valence-electron chi connectivity index (χ0n) is 10.0. The average molecular weight is 320 g/mol. The van der Waals surface area contributed by atoms with E-state index in [0.717, 1.165) is 0 Å². The van der Waals surface area contributed by atoms with E-state index in [2.05, 4.69) is 5.32 Å². The SMILES string of the molecule is NC(=O)C[C@@H](NC(=O)c1cc(Cl)c(N)c(Cl)c1)C(=O)O. The fourth-order valence-corrected chi connectivity index (χ4v) is 1.85. The monoisotopic (exact) mass is 319 g/mol. The van der Waals surface area contributed by atoms with E-state index >= 15 is 0 Å². The highest BCUT2D eigenvalue weighted by atomic mass is 35.5. The van der Waals surface area contributed by atoms with Crippen LogP contribution in [0, 0.1) is 0 Å². The number of carbonyl (C=O) groups is 3. The van der Waals surface area contributed by atoms with Crippen LogP contribution >= 0.6 is 23.2 Å². The van der Waals surface area contributed by atoms with Crippen molar-refractivity contribution >= 4 is 46.7 Å². The number of nitrogen functional groups attached to an aromatic ring is 1. The number of anilines is 1. The molecule has 0 heterocycles. The molecular weight excluding hydrogens is 309 g/mol. The van der Waals surface area contributed by atoms with Gasteiger partial charge in [-0.15, -0.1) is 0 Å². The maximum Gasteiger partial charge on any atom is 0.326 e. The van der Waals surface area contributed by atoms with Crippen molar-refractivity contribution in [2.45, 2.75) is 12.5 Å². The average Bonchev–Trinajstić information content (AvgIpc) is 2.33. The van der Waals surface area contributed by atoms with Gasteiger partial charge in [-0.3, -0.25) is 9.59 Å². The lowest BCUT2D eigenvalue weighted by Crippen LogP contribution is -2.43. The largest absolute Gasteiger partial charge is 0.480 e. The minimum Gasteiger partial charge on any atom is -0.480 e. The van der Waals surface area contributed by atoms with Crippen LogP contribution in [0.4, 0.5) is 5.69 Å². The van der Waals surface area contributed by atoms with E-state index in [1.807, 2.05) is 0 Å². The van der Waals surface area contributed by atoms with E-state index in [0.29, 0.717) is 0 Å². The van der Waals surface area contributed by atoms with E-state index in [-0.39, 0.29) is 21.3 Å². The molecule has 0 fully saturated rings. The summed E-state index contributed by atoms with van der Waals surface area (Å²) in [7, 11) is 0. The van der Waals surface area contributed by atoms with E-state index < -0.39 is 30.2 Å². The van der Waals surface area contributed by atoms with E-state index in [1.54, 1.807) is 0 Å². The third kappa shape index (κ3) is 4.01. The maximum atomic E-state index is 11.9. The van der Waals surface area contributed by atoms with Gasteiger partial charge in [0.2, 0.25) is 5.91 Å². The van der Waals surface area contributed by atoms with E-state index in [4.69, 9.17) is 39.8 Å². The molecule has 1 rings (SSSR count).